The van der Waals surface area contributed by atoms with Crippen LogP contribution in [0, 0.1) is 0 Å². The maximum atomic E-state index is 12.2. The van der Waals surface area contributed by atoms with E-state index in [4.69, 9.17) is 9.51 Å². The maximum absolute atomic E-state index is 12.2. The Morgan fingerprint density at radius 1 is 1.17 bits per heavy atom. The highest BCUT2D eigenvalue weighted by molar-refractivity contribution is 5.98. The summed E-state index contributed by atoms with van der Waals surface area (Å²) < 4.78 is 5.64. The van der Waals surface area contributed by atoms with Gasteiger partial charge in [0.15, 0.2) is 0 Å². The molecule has 0 aliphatic carbocycles. The summed E-state index contributed by atoms with van der Waals surface area (Å²) in [6, 6.07) is 10.2. The number of hydrogen-bond donors (Lipinski definition) is 1. The highest BCUT2D eigenvalue weighted by Crippen LogP contribution is 2.34. The van der Waals surface area contributed by atoms with Gasteiger partial charge in [-0.05, 0) is 32.6 Å². The first-order chi connectivity index (χ1) is 14.7. The lowest BCUT2D eigenvalue weighted by Gasteiger charge is -2.28. The Labute approximate surface area is 176 Å². The first kappa shape index (κ1) is 20.3. The van der Waals surface area contributed by atoms with Gasteiger partial charge in [0.2, 0.25) is 5.91 Å². The molecule has 1 saturated heterocycles. The van der Waals surface area contributed by atoms with E-state index in [1.807, 2.05) is 37.3 Å². The predicted molar refractivity (Wildman–Crippen MR) is 117 cm³/mol. The van der Waals surface area contributed by atoms with Gasteiger partial charge in [-0.25, -0.2) is 4.98 Å². The summed E-state index contributed by atoms with van der Waals surface area (Å²) in [6.07, 6.45) is 5.26. The molecular weight excluding hydrogens is 378 g/mol. The van der Waals surface area contributed by atoms with E-state index in [9.17, 15) is 4.79 Å². The quantitative estimate of drug-likeness (QED) is 0.634. The molecule has 0 saturated carbocycles. The molecule has 0 unspecified atom stereocenters. The van der Waals surface area contributed by atoms with Crippen LogP contribution >= 0.6 is 0 Å². The molecule has 0 bridgehead atoms. The molecule has 2 aromatic heterocycles. The number of aromatic nitrogens is 3. The van der Waals surface area contributed by atoms with Gasteiger partial charge in [0, 0.05) is 37.5 Å². The number of anilines is 1. The Balaban J connectivity index is 1.67. The molecule has 158 valence electrons. The van der Waals surface area contributed by atoms with Crippen LogP contribution in [0.5, 0.6) is 0 Å². The van der Waals surface area contributed by atoms with Crippen molar-refractivity contribution in [3.63, 3.8) is 0 Å². The van der Waals surface area contributed by atoms with Crippen molar-refractivity contribution < 1.29 is 9.32 Å². The highest BCUT2D eigenvalue weighted by atomic mass is 16.5. The van der Waals surface area contributed by atoms with Gasteiger partial charge in [0.25, 0.3) is 5.71 Å². The SMILES string of the molecule is CC[C@H](C)NC(=O)CCc1nc(N2CCCCC2)c2c(-c3ccccc3)noc2n1. The molecule has 1 aliphatic heterocycles. The number of amides is 1. The van der Waals surface area contributed by atoms with E-state index in [0.29, 0.717) is 24.4 Å². The Morgan fingerprint density at radius 2 is 1.93 bits per heavy atom. The fraction of sp³-hybridized carbons (Fsp3) is 0.478. The van der Waals surface area contributed by atoms with Crippen LogP contribution in [0.25, 0.3) is 22.4 Å². The summed E-state index contributed by atoms with van der Waals surface area (Å²) in [5.74, 6) is 1.52. The molecule has 3 aromatic rings. The summed E-state index contributed by atoms with van der Waals surface area (Å²) in [4.78, 5) is 24.0. The van der Waals surface area contributed by atoms with Crippen LogP contribution in [0.1, 0.15) is 51.8 Å². The molecule has 0 radical (unpaired) electrons. The second kappa shape index (κ2) is 9.24. The third-order valence-electron chi connectivity index (χ3n) is 5.66. The fourth-order valence-electron chi connectivity index (χ4n) is 3.79. The van der Waals surface area contributed by atoms with Crippen molar-refractivity contribution in [2.75, 3.05) is 18.0 Å². The molecular formula is C23H29N5O2. The lowest BCUT2D eigenvalue weighted by Crippen LogP contribution is -2.32. The number of rotatable bonds is 7. The molecule has 1 aliphatic rings. The molecule has 1 atom stereocenters. The predicted octanol–water partition coefficient (Wildman–Crippen LogP) is 4.12. The summed E-state index contributed by atoms with van der Waals surface area (Å²) in [7, 11) is 0. The number of benzene rings is 1. The average Bonchev–Trinajstić information content (AvgIpc) is 3.22. The third kappa shape index (κ3) is 4.45. The van der Waals surface area contributed by atoms with Crippen LogP contribution in [0.15, 0.2) is 34.9 Å². The molecule has 30 heavy (non-hydrogen) atoms. The zero-order valence-electron chi connectivity index (χ0n) is 17.7. The Hall–Kier alpha value is -2.96. The minimum absolute atomic E-state index is 0.0233. The number of piperidine rings is 1. The van der Waals surface area contributed by atoms with Gasteiger partial charge in [-0.15, -0.1) is 0 Å². The van der Waals surface area contributed by atoms with Crippen molar-refractivity contribution in [1.82, 2.24) is 20.4 Å². The molecule has 7 nitrogen and oxygen atoms in total. The highest BCUT2D eigenvalue weighted by Gasteiger charge is 2.24. The van der Waals surface area contributed by atoms with Crippen LogP contribution in [0.4, 0.5) is 5.82 Å². The van der Waals surface area contributed by atoms with E-state index in [1.165, 1.54) is 6.42 Å². The summed E-state index contributed by atoms with van der Waals surface area (Å²) >= 11 is 0. The first-order valence-electron chi connectivity index (χ1n) is 10.9. The van der Waals surface area contributed by atoms with Crippen molar-refractivity contribution in [1.29, 1.82) is 0 Å². The zero-order chi connectivity index (χ0) is 20.9. The first-order valence-corrected chi connectivity index (χ1v) is 10.9. The van der Waals surface area contributed by atoms with Crippen molar-refractivity contribution in [3.05, 3.63) is 36.2 Å². The number of hydrogen-bond acceptors (Lipinski definition) is 6. The molecule has 1 fully saturated rings. The number of aryl methyl sites for hydroxylation is 1. The normalized spacial score (nSPS) is 15.3. The van der Waals surface area contributed by atoms with E-state index in [2.05, 4.69) is 27.3 Å². The van der Waals surface area contributed by atoms with E-state index in [0.717, 1.165) is 54.8 Å². The number of nitrogens with zero attached hydrogens (tertiary/aromatic N) is 4. The van der Waals surface area contributed by atoms with E-state index in [-0.39, 0.29) is 11.9 Å². The van der Waals surface area contributed by atoms with Gasteiger partial charge in [0.05, 0.1) is 0 Å². The average molecular weight is 408 g/mol. The van der Waals surface area contributed by atoms with Gasteiger partial charge in [-0.2, -0.15) is 4.98 Å². The lowest BCUT2D eigenvalue weighted by molar-refractivity contribution is -0.121. The number of carbonyl (C=O) groups is 1. The van der Waals surface area contributed by atoms with Gasteiger partial charge in [-0.3, -0.25) is 4.79 Å². The number of fused-ring (bicyclic) bond motifs is 1. The van der Waals surface area contributed by atoms with Crippen molar-refractivity contribution >= 4 is 22.8 Å². The second-order valence-corrected chi connectivity index (χ2v) is 7.97. The van der Waals surface area contributed by atoms with Crippen LogP contribution < -0.4 is 10.2 Å². The Bertz CT molecular complexity index is 996. The minimum Gasteiger partial charge on any atom is -0.356 e. The largest absolute Gasteiger partial charge is 0.356 e. The second-order valence-electron chi connectivity index (χ2n) is 7.97. The van der Waals surface area contributed by atoms with Crippen LogP contribution in [-0.2, 0) is 11.2 Å². The Morgan fingerprint density at radius 3 is 2.67 bits per heavy atom. The van der Waals surface area contributed by atoms with Crippen molar-refractivity contribution in [2.24, 2.45) is 0 Å². The van der Waals surface area contributed by atoms with Crippen LogP contribution in [0.3, 0.4) is 0 Å². The molecule has 0 spiro atoms. The number of carbonyl (C=O) groups excluding carboxylic acids is 1. The van der Waals surface area contributed by atoms with Gasteiger partial charge < -0.3 is 14.7 Å². The summed E-state index contributed by atoms with van der Waals surface area (Å²) in [5, 5.41) is 8.18. The molecule has 1 amide bonds. The van der Waals surface area contributed by atoms with Gasteiger partial charge >= 0.3 is 0 Å². The molecule has 1 aromatic carbocycles. The minimum atomic E-state index is 0.0233. The van der Waals surface area contributed by atoms with Crippen LogP contribution in [-0.4, -0.2) is 40.2 Å². The van der Waals surface area contributed by atoms with E-state index in [1.54, 1.807) is 0 Å². The molecule has 7 heteroatoms. The van der Waals surface area contributed by atoms with E-state index < -0.39 is 0 Å². The zero-order valence-corrected chi connectivity index (χ0v) is 17.7. The topological polar surface area (TPSA) is 84.2 Å². The smallest absolute Gasteiger partial charge is 0.263 e. The molecule has 1 N–H and O–H groups in total. The number of nitrogens with one attached hydrogen (secondary N) is 1. The molecule has 4 rings (SSSR count). The third-order valence-corrected chi connectivity index (χ3v) is 5.66. The van der Waals surface area contributed by atoms with Crippen molar-refractivity contribution in [3.8, 4) is 11.3 Å². The lowest BCUT2D eigenvalue weighted by atomic mass is 10.1. The Kier molecular flexibility index (Phi) is 6.26. The van der Waals surface area contributed by atoms with Crippen LogP contribution in [0.2, 0.25) is 0 Å². The molecule has 3 heterocycles. The monoisotopic (exact) mass is 407 g/mol. The summed E-state index contributed by atoms with van der Waals surface area (Å²) in [6.45, 7) is 5.98. The van der Waals surface area contributed by atoms with E-state index >= 15 is 0 Å². The maximum Gasteiger partial charge on any atom is 0.263 e. The van der Waals surface area contributed by atoms with Gasteiger partial charge in [0.1, 0.15) is 22.7 Å². The van der Waals surface area contributed by atoms with Gasteiger partial charge in [-0.1, -0.05) is 42.4 Å². The fourth-order valence-corrected chi connectivity index (χ4v) is 3.79. The summed E-state index contributed by atoms with van der Waals surface area (Å²) in [5.41, 5.74) is 2.24. The standard InChI is InChI=1S/C23H29N5O2/c1-3-16(2)24-19(29)13-12-18-25-22(28-14-8-5-9-15-28)20-21(27-30-23(20)26-18)17-10-6-4-7-11-17/h4,6-7,10-11,16H,3,5,8-9,12-15H2,1-2H3,(H,24,29)/t16-/m0/s1. The van der Waals surface area contributed by atoms with Crippen molar-refractivity contribution in [2.45, 2.75) is 58.4 Å².